The number of nitrogens with two attached hydrogens (primary N) is 1. The van der Waals surface area contributed by atoms with Gasteiger partial charge in [0.2, 0.25) is 0 Å². The molecule has 3 heterocycles. The number of nitrogen functional groups attached to an aromatic ring is 1. The standard InChI is InChI=1S/C10H12ClN5O3/c11-1-3-7(17)8(18)9(19-3)5-4-6(16-15-5)10(12)14-2-13-4/h2-3,7-9,17-18H,1H2,(H,15,16)(H2,12,13,14)/t3-,7-,8-,9+/m1/s1. The van der Waals surface area contributed by atoms with Gasteiger partial charge in [-0.2, -0.15) is 5.10 Å². The van der Waals surface area contributed by atoms with Gasteiger partial charge in [-0.05, 0) is 0 Å². The number of nitrogens with zero attached hydrogens (tertiary/aromatic N) is 3. The van der Waals surface area contributed by atoms with E-state index >= 15 is 0 Å². The Labute approximate surface area is 112 Å². The molecule has 5 N–H and O–H groups in total. The number of fused-ring (bicyclic) bond motifs is 1. The Hall–Kier alpha value is -1.48. The van der Waals surface area contributed by atoms with Gasteiger partial charge in [0, 0.05) is 0 Å². The molecule has 0 spiro atoms. The zero-order chi connectivity index (χ0) is 13.6. The molecule has 0 amide bonds. The lowest BCUT2D eigenvalue weighted by Gasteiger charge is -2.12. The van der Waals surface area contributed by atoms with Crippen LogP contribution in [0.1, 0.15) is 11.8 Å². The van der Waals surface area contributed by atoms with Crippen LogP contribution in [-0.4, -0.2) is 54.6 Å². The number of aromatic nitrogens is 4. The lowest BCUT2D eigenvalue weighted by Crippen LogP contribution is -2.31. The van der Waals surface area contributed by atoms with Crippen molar-refractivity contribution in [3.05, 3.63) is 12.0 Å². The van der Waals surface area contributed by atoms with Crippen LogP contribution in [0, 0.1) is 0 Å². The summed E-state index contributed by atoms with van der Waals surface area (Å²) in [5, 5.41) is 26.5. The molecule has 1 aliphatic rings. The van der Waals surface area contributed by atoms with E-state index in [1.807, 2.05) is 0 Å². The van der Waals surface area contributed by atoms with Crippen molar-refractivity contribution in [3.8, 4) is 0 Å². The fourth-order valence-electron chi connectivity index (χ4n) is 2.18. The number of nitrogens with one attached hydrogen (secondary N) is 1. The SMILES string of the molecule is Nc1ncnc2c([C@@H]3O[C@H](CCl)[C@@H](O)[C@H]3O)[nH]nc12. The second kappa shape index (κ2) is 4.57. The Kier molecular flexibility index (Phi) is 3.02. The number of aliphatic hydroxyl groups is 2. The van der Waals surface area contributed by atoms with Crippen LogP contribution >= 0.6 is 11.6 Å². The normalized spacial score (nSPS) is 31.1. The molecule has 0 bridgehead atoms. The van der Waals surface area contributed by atoms with Gasteiger partial charge in [0.25, 0.3) is 0 Å². The van der Waals surface area contributed by atoms with Crippen LogP contribution in [0.15, 0.2) is 6.33 Å². The van der Waals surface area contributed by atoms with Crippen molar-refractivity contribution in [1.82, 2.24) is 20.2 Å². The highest BCUT2D eigenvalue weighted by Gasteiger charge is 2.44. The van der Waals surface area contributed by atoms with Crippen molar-refractivity contribution < 1.29 is 14.9 Å². The highest BCUT2D eigenvalue weighted by atomic mass is 35.5. The molecular weight excluding hydrogens is 274 g/mol. The van der Waals surface area contributed by atoms with Crippen molar-refractivity contribution in [1.29, 1.82) is 0 Å². The fourth-order valence-corrected chi connectivity index (χ4v) is 2.44. The molecule has 19 heavy (non-hydrogen) atoms. The number of ether oxygens (including phenoxy) is 1. The summed E-state index contributed by atoms with van der Waals surface area (Å²) in [6.45, 7) is 0. The number of alkyl halides is 1. The molecule has 2 aromatic rings. The predicted molar refractivity (Wildman–Crippen MR) is 66.4 cm³/mol. The summed E-state index contributed by atoms with van der Waals surface area (Å²) in [6.07, 6.45) is -2.28. The number of hydrogen-bond donors (Lipinski definition) is 4. The van der Waals surface area contributed by atoms with Crippen molar-refractivity contribution >= 4 is 28.5 Å². The molecule has 1 fully saturated rings. The molecule has 0 unspecified atom stereocenters. The maximum absolute atomic E-state index is 10.0. The van der Waals surface area contributed by atoms with E-state index in [4.69, 9.17) is 22.1 Å². The van der Waals surface area contributed by atoms with Gasteiger partial charge in [0.15, 0.2) is 11.3 Å². The molecule has 102 valence electrons. The van der Waals surface area contributed by atoms with Crippen molar-refractivity contribution in [3.63, 3.8) is 0 Å². The monoisotopic (exact) mass is 285 g/mol. The number of aliphatic hydroxyl groups excluding tert-OH is 2. The van der Waals surface area contributed by atoms with Crippen molar-refractivity contribution in [2.24, 2.45) is 0 Å². The van der Waals surface area contributed by atoms with E-state index in [1.165, 1.54) is 6.33 Å². The number of aromatic amines is 1. The van der Waals surface area contributed by atoms with Crippen LogP contribution < -0.4 is 5.73 Å². The first-order valence-corrected chi connectivity index (χ1v) is 6.19. The summed E-state index contributed by atoms with van der Waals surface area (Å²) >= 11 is 5.67. The Morgan fingerprint density at radius 3 is 2.79 bits per heavy atom. The molecule has 9 heteroatoms. The van der Waals surface area contributed by atoms with E-state index in [1.54, 1.807) is 0 Å². The van der Waals surface area contributed by atoms with Crippen molar-refractivity contribution in [2.45, 2.75) is 24.4 Å². The summed E-state index contributed by atoms with van der Waals surface area (Å²) in [6, 6.07) is 0. The van der Waals surface area contributed by atoms with Crippen LogP contribution in [0.2, 0.25) is 0 Å². The number of H-pyrrole nitrogens is 1. The number of rotatable bonds is 2. The first-order valence-electron chi connectivity index (χ1n) is 5.65. The summed E-state index contributed by atoms with van der Waals surface area (Å²) in [5.74, 6) is 0.312. The van der Waals surface area contributed by atoms with E-state index in [9.17, 15) is 10.2 Å². The van der Waals surface area contributed by atoms with E-state index in [0.29, 0.717) is 16.7 Å². The Bertz CT molecular complexity index is 606. The van der Waals surface area contributed by atoms with Crippen LogP contribution in [0.4, 0.5) is 5.82 Å². The first-order chi connectivity index (χ1) is 9.13. The molecule has 8 nitrogen and oxygen atoms in total. The van der Waals surface area contributed by atoms with Gasteiger partial charge in [-0.3, -0.25) is 5.10 Å². The topological polar surface area (TPSA) is 130 Å². The summed E-state index contributed by atoms with van der Waals surface area (Å²) in [5.41, 5.74) is 6.98. The molecule has 1 saturated heterocycles. The molecule has 0 radical (unpaired) electrons. The Morgan fingerprint density at radius 2 is 2.11 bits per heavy atom. The van der Waals surface area contributed by atoms with Gasteiger partial charge >= 0.3 is 0 Å². The molecule has 0 aromatic carbocycles. The molecule has 4 atom stereocenters. The summed E-state index contributed by atoms with van der Waals surface area (Å²) in [7, 11) is 0. The minimum Gasteiger partial charge on any atom is -0.388 e. The van der Waals surface area contributed by atoms with Crippen LogP contribution in [0.25, 0.3) is 11.0 Å². The third-order valence-electron chi connectivity index (χ3n) is 3.19. The minimum absolute atomic E-state index is 0.0813. The molecule has 3 rings (SSSR count). The average molecular weight is 286 g/mol. The van der Waals surface area contributed by atoms with Crippen LogP contribution in [0.5, 0.6) is 0 Å². The second-order valence-electron chi connectivity index (χ2n) is 4.32. The molecule has 0 aliphatic carbocycles. The maximum Gasteiger partial charge on any atom is 0.155 e. The maximum atomic E-state index is 10.0. The van der Waals surface area contributed by atoms with Gasteiger partial charge < -0.3 is 20.7 Å². The molecule has 2 aromatic heterocycles. The summed E-state index contributed by atoms with van der Waals surface area (Å²) in [4.78, 5) is 7.89. The van der Waals surface area contributed by atoms with Crippen LogP contribution in [0.3, 0.4) is 0 Å². The van der Waals surface area contributed by atoms with E-state index in [0.717, 1.165) is 0 Å². The third kappa shape index (κ3) is 1.84. The van der Waals surface area contributed by atoms with Gasteiger partial charge in [-0.1, -0.05) is 0 Å². The number of halogens is 1. The second-order valence-corrected chi connectivity index (χ2v) is 4.63. The third-order valence-corrected chi connectivity index (χ3v) is 3.50. The lowest BCUT2D eigenvalue weighted by atomic mass is 10.1. The fraction of sp³-hybridized carbons (Fsp3) is 0.500. The number of anilines is 1. The van der Waals surface area contributed by atoms with Gasteiger partial charge in [0.1, 0.15) is 36.3 Å². The zero-order valence-corrected chi connectivity index (χ0v) is 10.4. The first kappa shape index (κ1) is 12.5. The predicted octanol–water partition coefficient (Wildman–Crippen LogP) is -0.664. The number of hydrogen-bond acceptors (Lipinski definition) is 7. The molecule has 0 saturated carbocycles. The highest BCUT2D eigenvalue weighted by molar-refractivity contribution is 6.18. The van der Waals surface area contributed by atoms with Crippen LogP contribution in [-0.2, 0) is 4.74 Å². The lowest BCUT2D eigenvalue weighted by molar-refractivity contribution is 0.0142. The smallest absolute Gasteiger partial charge is 0.155 e. The van der Waals surface area contributed by atoms with Gasteiger partial charge in [-0.15, -0.1) is 11.6 Å². The Balaban J connectivity index is 2.04. The van der Waals surface area contributed by atoms with E-state index in [2.05, 4.69) is 20.2 Å². The zero-order valence-electron chi connectivity index (χ0n) is 9.69. The molecule has 1 aliphatic heterocycles. The van der Waals surface area contributed by atoms with Gasteiger partial charge in [-0.25, -0.2) is 9.97 Å². The molecular formula is C10H12ClN5O3. The van der Waals surface area contributed by atoms with E-state index < -0.39 is 24.4 Å². The van der Waals surface area contributed by atoms with Crippen molar-refractivity contribution in [2.75, 3.05) is 11.6 Å². The van der Waals surface area contributed by atoms with E-state index in [-0.39, 0.29) is 11.7 Å². The summed E-state index contributed by atoms with van der Waals surface area (Å²) < 4.78 is 5.52. The van der Waals surface area contributed by atoms with Gasteiger partial charge in [0.05, 0.1) is 11.6 Å². The highest BCUT2D eigenvalue weighted by Crippen LogP contribution is 2.35. The largest absolute Gasteiger partial charge is 0.388 e. The minimum atomic E-state index is -1.11. The Morgan fingerprint density at radius 1 is 1.32 bits per heavy atom. The quantitative estimate of drug-likeness (QED) is 0.539. The average Bonchev–Trinajstić information content (AvgIpc) is 2.94.